The lowest BCUT2D eigenvalue weighted by Gasteiger charge is -2.43. The third-order valence-electron chi connectivity index (χ3n) is 8.43. The largest absolute Gasteiger partial charge is 0.465 e. The highest BCUT2D eigenvalue weighted by Gasteiger charge is 2.48. The van der Waals surface area contributed by atoms with Crippen molar-refractivity contribution in [1.29, 1.82) is 0 Å². The summed E-state index contributed by atoms with van der Waals surface area (Å²) >= 11 is 0. The van der Waals surface area contributed by atoms with Crippen LogP contribution in [0.4, 0.5) is 0 Å². The molecular weight excluding hydrogens is 649 g/mol. The third-order valence-corrected chi connectivity index (χ3v) is 28.7. The van der Waals surface area contributed by atoms with E-state index in [1.54, 1.807) is 0 Å². The summed E-state index contributed by atoms with van der Waals surface area (Å²) in [5.74, 6) is -0.0656. The van der Waals surface area contributed by atoms with Gasteiger partial charge in [-0.15, -0.1) is 0 Å². The molecule has 12 heteroatoms. The summed E-state index contributed by atoms with van der Waals surface area (Å²) in [6.07, 6.45) is 11.1. The molecule has 0 aromatic rings. The van der Waals surface area contributed by atoms with Crippen molar-refractivity contribution >= 4 is 49.0 Å². The summed E-state index contributed by atoms with van der Waals surface area (Å²) in [6, 6.07) is 4.09. The molecule has 0 amide bonds. The Kier molecular flexibility index (Phi) is 25.3. The molecule has 2 aliphatic rings. The van der Waals surface area contributed by atoms with Gasteiger partial charge in [0.1, 0.15) is 0 Å². The van der Waals surface area contributed by atoms with Crippen LogP contribution in [0.1, 0.15) is 115 Å². The molecule has 0 bridgehead atoms. The number of esters is 1. The van der Waals surface area contributed by atoms with Crippen LogP contribution in [-0.4, -0.2) is 67.8 Å². The van der Waals surface area contributed by atoms with Gasteiger partial charge in [-0.1, -0.05) is 89.0 Å². The van der Waals surface area contributed by atoms with E-state index in [-0.39, 0.29) is 47.7 Å². The standard InChI is InChI=1S/C29H64O7Si5.4CH4/c1-11-14-21-38(5,6)33-37(4)34-40(9,23-16-13-3)36-41(10,35-39(7,8)22-15-12-2)24-17-20-31-29(30)26-18-19-27-28(25-26)32-27;;;;/h26-28,37H,11-25H2,1-10H3;4*1H4. The summed E-state index contributed by atoms with van der Waals surface area (Å²) in [5, 5.41) is 0. The van der Waals surface area contributed by atoms with Crippen molar-refractivity contribution in [3.8, 4) is 0 Å². The fraction of sp³-hybridized carbons (Fsp3) is 0.970. The first-order valence-electron chi connectivity index (χ1n) is 16.7. The smallest absolute Gasteiger partial charge is 0.317 e. The number of carbonyl (C=O) groups is 1. The molecule has 0 spiro atoms. The van der Waals surface area contributed by atoms with Gasteiger partial charge in [-0.2, -0.15) is 0 Å². The topological polar surface area (TPSA) is 75.8 Å². The molecule has 2 fully saturated rings. The predicted octanol–water partition coefficient (Wildman–Crippen LogP) is 10.9. The van der Waals surface area contributed by atoms with Gasteiger partial charge in [-0.25, -0.2) is 0 Å². The fourth-order valence-electron chi connectivity index (χ4n) is 6.24. The summed E-state index contributed by atoms with van der Waals surface area (Å²) in [4.78, 5) is 12.7. The van der Waals surface area contributed by atoms with Gasteiger partial charge in [0.05, 0.1) is 24.7 Å². The van der Waals surface area contributed by atoms with E-state index >= 15 is 0 Å². The number of hydrogen-bond donors (Lipinski definition) is 0. The first-order valence-corrected chi connectivity index (χ1v) is 30.1. The number of ether oxygens (including phenoxy) is 2. The van der Waals surface area contributed by atoms with Crippen molar-refractivity contribution < 1.29 is 30.7 Å². The molecule has 1 aliphatic carbocycles. The number of carbonyl (C=O) groups excluding carboxylic acids is 1. The number of hydrogen-bond acceptors (Lipinski definition) is 7. The van der Waals surface area contributed by atoms with Crippen LogP contribution in [0.15, 0.2) is 0 Å². The molecular formula is C33H80O7Si5. The Morgan fingerprint density at radius 3 is 1.78 bits per heavy atom. The van der Waals surface area contributed by atoms with Crippen LogP contribution in [0.2, 0.25) is 70.0 Å². The van der Waals surface area contributed by atoms with Crippen LogP contribution in [0.5, 0.6) is 0 Å². The molecule has 7 nitrogen and oxygen atoms in total. The van der Waals surface area contributed by atoms with Gasteiger partial charge in [0.15, 0.2) is 16.6 Å². The van der Waals surface area contributed by atoms with Gasteiger partial charge in [0.2, 0.25) is 0 Å². The summed E-state index contributed by atoms with van der Waals surface area (Å²) in [6.45, 7) is 23.2. The highest BCUT2D eigenvalue weighted by Crippen LogP contribution is 2.40. The van der Waals surface area contributed by atoms with E-state index in [1.807, 2.05) is 0 Å². The van der Waals surface area contributed by atoms with Gasteiger partial charge < -0.3 is 25.9 Å². The molecule has 45 heavy (non-hydrogen) atoms. The summed E-state index contributed by atoms with van der Waals surface area (Å²) < 4.78 is 39.4. The van der Waals surface area contributed by atoms with E-state index in [2.05, 4.69) is 66.6 Å². The van der Waals surface area contributed by atoms with E-state index in [0.717, 1.165) is 56.7 Å². The van der Waals surface area contributed by atoms with Gasteiger partial charge in [-0.05, 0) is 95.7 Å². The average molecular weight is 729 g/mol. The molecule has 0 N–H and O–H groups in total. The molecule has 1 heterocycles. The average Bonchev–Trinajstić information content (AvgIpc) is 3.65. The second kappa shape index (κ2) is 22.9. The first-order chi connectivity index (χ1) is 19.2. The Hall–Kier alpha value is 0.354. The lowest BCUT2D eigenvalue weighted by Crippen LogP contribution is -2.58. The van der Waals surface area contributed by atoms with E-state index in [1.165, 1.54) is 31.7 Å². The third kappa shape index (κ3) is 19.2. The molecule has 0 aromatic heterocycles. The maximum Gasteiger partial charge on any atom is 0.317 e. The maximum absolute atomic E-state index is 12.7. The second-order valence-electron chi connectivity index (χ2n) is 14.1. The van der Waals surface area contributed by atoms with Crippen LogP contribution >= 0.6 is 0 Å². The fourth-order valence-corrected chi connectivity index (χ4v) is 29.5. The van der Waals surface area contributed by atoms with Gasteiger partial charge in [0, 0.05) is 0 Å². The minimum absolute atomic E-state index is 0. The Bertz CT molecular complexity index is 791. The van der Waals surface area contributed by atoms with Gasteiger partial charge in [-0.3, -0.25) is 4.79 Å². The van der Waals surface area contributed by atoms with Crippen LogP contribution in [0.3, 0.4) is 0 Å². The number of epoxide rings is 1. The van der Waals surface area contributed by atoms with Gasteiger partial charge >= 0.3 is 23.1 Å². The zero-order valence-corrected chi connectivity index (χ0v) is 33.4. The molecule has 0 aromatic carbocycles. The number of fused-ring (bicyclic) bond motifs is 1. The number of unbranched alkanes of at least 4 members (excludes halogenated alkanes) is 3. The van der Waals surface area contributed by atoms with Crippen LogP contribution < -0.4 is 0 Å². The van der Waals surface area contributed by atoms with Crippen molar-refractivity contribution in [2.45, 2.75) is 197 Å². The molecule has 274 valence electrons. The quantitative estimate of drug-likeness (QED) is 0.0475. The number of rotatable bonds is 22. The lowest BCUT2D eigenvalue weighted by atomic mass is 9.89. The maximum atomic E-state index is 12.7. The Morgan fingerprint density at radius 1 is 0.689 bits per heavy atom. The Balaban J connectivity index is -0.00000441. The molecule has 1 saturated heterocycles. The van der Waals surface area contributed by atoms with E-state index in [4.69, 9.17) is 25.9 Å². The highest BCUT2D eigenvalue weighted by molar-refractivity contribution is 6.88. The lowest BCUT2D eigenvalue weighted by molar-refractivity contribution is -0.149. The minimum atomic E-state index is -2.62. The van der Waals surface area contributed by atoms with Crippen LogP contribution in [0.25, 0.3) is 0 Å². The summed E-state index contributed by atoms with van der Waals surface area (Å²) in [5.41, 5.74) is 0. The monoisotopic (exact) mass is 728 g/mol. The van der Waals surface area contributed by atoms with E-state index in [0.29, 0.717) is 12.7 Å². The van der Waals surface area contributed by atoms with Crippen LogP contribution in [-0.2, 0) is 30.7 Å². The molecule has 2 rings (SSSR count). The SMILES string of the molecule is C.C.C.C.CCCC[Si](C)(C)O[SiH](C)O[Si](C)(CCCC)O[Si](C)(CCCOC(=O)C1CCC2OC2C1)O[Si](C)(C)CCCC. The van der Waals surface area contributed by atoms with Crippen molar-refractivity contribution in [3.05, 3.63) is 0 Å². The highest BCUT2D eigenvalue weighted by atomic mass is 28.5. The first kappa shape index (κ1) is 49.7. The normalized spacial score (nSPS) is 22.5. The van der Waals surface area contributed by atoms with Crippen LogP contribution in [0, 0.1) is 5.92 Å². The van der Waals surface area contributed by atoms with Crippen molar-refractivity contribution in [2.75, 3.05) is 6.61 Å². The summed E-state index contributed by atoms with van der Waals surface area (Å²) in [7, 11) is -10.7. The molecule has 1 saturated carbocycles. The zero-order valence-electron chi connectivity index (χ0n) is 28.3. The molecule has 1 aliphatic heterocycles. The molecule has 0 radical (unpaired) electrons. The van der Waals surface area contributed by atoms with Crippen molar-refractivity contribution in [3.63, 3.8) is 0 Å². The molecule has 6 atom stereocenters. The predicted molar refractivity (Wildman–Crippen MR) is 208 cm³/mol. The minimum Gasteiger partial charge on any atom is -0.465 e. The zero-order chi connectivity index (χ0) is 30.7. The van der Waals surface area contributed by atoms with Crippen molar-refractivity contribution in [2.24, 2.45) is 5.92 Å². The van der Waals surface area contributed by atoms with Gasteiger partial charge in [0.25, 0.3) is 9.28 Å². The second-order valence-corrected chi connectivity index (χ2v) is 32.3. The Morgan fingerprint density at radius 2 is 1.22 bits per heavy atom. The molecule has 6 unspecified atom stereocenters. The van der Waals surface area contributed by atoms with E-state index < -0.39 is 43.0 Å². The van der Waals surface area contributed by atoms with Crippen molar-refractivity contribution in [1.82, 2.24) is 0 Å². The Labute approximate surface area is 288 Å². The van der Waals surface area contributed by atoms with E-state index in [9.17, 15) is 4.79 Å².